The third kappa shape index (κ3) is 3.06. The van der Waals surface area contributed by atoms with Crippen molar-refractivity contribution in [3.8, 4) is 0 Å². The van der Waals surface area contributed by atoms with Gasteiger partial charge >= 0.3 is 0 Å². The van der Waals surface area contributed by atoms with Gasteiger partial charge in [0.15, 0.2) is 0 Å². The summed E-state index contributed by atoms with van der Waals surface area (Å²) in [5, 5.41) is 0. The van der Waals surface area contributed by atoms with Crippen molar-refractivity contribution in [2.24, 2.45) is 0 Å². The van der Waals surface area contributed by atoms with Crippen molar-refractivity contribution in [2.45, 2.75) is 42.8 Å². The fraction of sp³-hybridized carbons (Fsp3) is 0.625. The van der Waals surface area contributed by atoms with Gasteiger partial charge in [-0.1, -0.05) is 18.2 Å². The van der Waals surface area contributed by atoms with Crippen molar-refractivity contribution in [2.75, 3.05) is 26.3 Å². The highest BCUT2D eigenvalue weighted by Crippen LogP contribution is 2.37. The van der Waals surface area contributed by atoms with Gasteiger partial charge in [-0.05, 0) is 31.9 Å². The van der Waals surface area contributed by atoms with Gasteiger partial charge in [-0.25, -0.2) is 8.42 Å². The highest BCUT2D eigenvalue weighted by atomic mass is 32.2. The van der Waals surface area contributed by atoms with Crippen LogP contribution in [-0.4, -0.2) is 50.7 Å². The zero-order chi connectivity index (χ0) is 15.6. The Kier molecular flexibility index (Phi) is 4.54. The number of sulfonamides is 1. The van der Waals surface area contributed by atoms with Crippen LogP contribution in [0.15, 0.2) is 35.2 Å². The number of benzene rings is 1. The van der Waals surface area contributed by atoms with Gasteiger partial charge in [-0.2, -0.15) is 4.31 Å². The van der Waals surface area contributed by atoms with Crippen LogP contribution in [0.2, 0.25) is 0 Å². The maximum absolute atomic E-state index is 12.8. The molecule has 2 aliphatic rings. The molecule has 5 nitrogen and oxygen atoms in total. The number of rotatable bonds is 4. The summed E-state index contributed by atoms with van der Waals surface area (Å²) in [5.41, 5.74) is -0.375. The first kappa shape index (κ1) is 15.9. The standard InChI is InChI=1S/C16H23NO4S/c1-2-20-14-11-16(21-12-14)9-6-10-17(13-16)22(18,19)15-7-4-3-5-8-15/h3-5,7-8,14H,2,6,9-13H2,1H3/t14-,16-/m0/s1. The van der Waals surface area contributed by atoms with Crippen LogP contribution in [0.4, 0.5) is 0 Å². The van der Waals surface area contributed by atoms with Crippen molar-refractivity contribution >= 4 is 10.0 Å². The van der Waals surface area contributed by atoms with Crippen LogP contribution in [0, 0.1) is 0 Å². The summed E-state index contributed by atoms with van der Waals surface area (Å²) >= 11 is 0. The molecule has 1 spiro atoms. The molecule has 22 heavy (non-hydrogen) atoms. The Balaban J connectivity index is 1.76. The highest BCUT2D eigenvalue weighted by molar-refractivity contribution is 7.89. The number of ether oxygens (including phenoxy) is 2. The average molecular weight is 325 g/mol. The molecule has 2 aliphatic heterocycles. The summed E-state index contributed by atoms with van der Waals surface area (Å²) < 4.78 is 38.7. The molecular formula is C16H23NO4S. The first-order chi connectivity index (χ1) is 10.6. The summed E-state index contributed by atoms with van der Waals surface area (Å²) in [6, 6.07) is 8.63. The third-order valence-corrected chi connectivity index (χ3v) is 6.32. The van der Waals surface area contributed by atoms with Gasteiger partial charge in [0.25, 0.3) is 0 Å². The fourth-order valence-corrected chi connectivity index (χ4v) is 5.01. The maximum atomic E-state index is 12.8. The molecule has 0 aromatic heterocycles. The van der Waals surface area contributed by atoms with E-state index in [1.807, 2.05) is 13.0 Å². The summed E-state index contributed by atoms with van der Waals surface area (Å²) in [6.07, 6.45) is 2.59. The third-order valence-electron chi connectivity index (χ3n) is 4.46. The highest BCUT2D eigenvalue weighted by Gasteiger charge is 2.46. The fourth-order valence-electron chi connectivity index (χ4n) is 3.43. The molecule has 0 aliphatic carbocycles. The van der Waals surface area contributed by atoms with E-state index in [1.165, 1.54) is 0 Å². The van der Waals surface area contributed by atoms with Gasteiger partial charge in [-0.15, -0.1) is 0 Å². The second-order valence-corrected chi connectivity index (χ2v) is 7.97. The van der Waals surface area contributed by atoms with E-state index < -0.39 is 10.0 Å². The van der Waals surface area contributed by atoms with Crippen molar-refractivity contribution < 1.29 is 17.9 Å². The molecule has 122 valence electrons. The Bertz CT molecular complexity index is 604. The normalized spacial score (nSPS) is 30.0. The second kappa shape index (κ2) is 6.28. The van der Waals surface area contributed by atoms with E-state index in [0.717, 1.165) is 19.3 Å². The van der Waals surface area contributed by atoms with Crippen LogP contribution in [0.3, 0.4) is 0 Å². The minimum absolute atomic E-state index is 0.0874. The Hall–Kier alpha value is -0.950. The molecule has 3 rings (SSSR count). The average Bonchev–Trinajstić information content (AvgIpc) is 2.91. The Morgan fingerprint density at radius 1 is 1.36 bits per heavy atom. The molecule has 0 amide bonds. The van der Waals surface area contributed by atoms with Crippen LogP contribution in [0.25, 0.3) is 0 Å². The summed E-state index contributed by atoms with van der Waals surface area (Å²) in [6.45, 7) is 4.18. The van der Waals surface area contributed by atoms with Crippen molar-refractivity contribution in [1.82, 2.24) is 4.31 Å². The van der Waals surface area contributed by atoms with Crippen LogP contribution in [0.1, 0.15) is 26.2 Å². The lowest BCUT2D eigenvalue weighted by Gasteiger charge is -2.38. The van der Waals surface area contributed by atoms with E-state index in [0.29, 0.717) is 31.2 Å². The Morgan fingerprint density at radius 3 is 2.86 bits per heavy atom. The smallest absolute Gasteiger partial charge is 0.243 e. The molecule has 1 aromatic carbocycles. The summed E-state index contributed by atoms with van der Waals surface area (Å²) in [4.78, 5) is 0.353. The molecule has 2 heterocycles. The number of hydrogen-bond donors (Lipinski definition) is 0. The molecule has 0 unspecified atom stereocenters. The van der Waals surface area contributed by atoms with E-state index in [-0.39, 0.29) is 11.7 Å². The lowest BCUT2D eigenvalue weighted by Crippen LogP contribution is -2.50. The van der Waals surface area contributed by atoms with E-state index in [9.17, 15) is 8.42 Å². The monoisotopic (exact) mass is 325 g/mol. The molecule has 0 bridgehead atoms. The zero-order valence-corrected chi connectivity index (χ0v) is 13.7. The molecule has 0 N–H and O–H groups in total. The topological polar surface area (TPSA) is 55.8 Å². The number of nitrogens with zero attached hydrogens (tertiary/aromatic N) is 1. The van der Waals surface area contributed by atoms with E-state index in [4.69, 9.17) is 9.47 Å². The van der Waals surface area contributed by atoms with Crippen molar-refractivity contribution in [3.05, 3.63) is 30.3 Å². The van der Waals surface area contributed by atoms with Gasteiger partial charge in [0.05, 0.1) is 23.2 Å². The molecule has 2 saturated heterocycles. The molecular weight excluding hydrogens is 302 g/mol. The minimum Gasteiger partial charge on any atom is -0.376 e. The lowest BCUT2D eigenvalue weighted by atomic mass is 9.90. The Morgan fingerprint density at radius 2 is 2.14 bits per heavy atom. The van der Waals surface area contributed by atoms with Gasteiger partial charge in [0.1, 0.15) is 0 Å². The maximum Gasteiger partial charge on any atom is 0.243 e. The van der Waals surface area contributed by atoms with E-state index >= 15 is 0 Å². The molecule has 0 radical (unpaired) electrons. The molecule has 2 atom stereocenters. The van der Waals surface area contributed by atoms with E-state index in [2.05, 4.69) is 0 Å². The molecule has 1 aromatic rings. The quantitative estimate of drug-likeness (QED) is 0.850. The van der Waals surface area contributed by atoms with Gasteiger partial charge in [0, 0.05) is 26.1 Å². The molecule has 2 fully saturated rings. The first-order valence-corrected chi connectivity index (χ1v) is 9.30. The second-order valence-electron chi connectivity index (χ2n) is 6.03. The number of piperidine rings is 1. The van der Waals surface area contributed by atoms with Crippen LogP contribution in [0.5, 0.6) is 0 Å². The van der Waals surface area contributed by atoms with Crippen LogP contribution >= 0.6 is 0 Å². The van der Waals surface area contributed by atoms with E-state index in [1.54, 1.807) is 28.6 Å². The van der Waals surface area contributed by atoms with Gasteiger partial charge in [0.2, 0.25) is 10.0 Å². The Labute approximate surface area is 132 Å². The SMILES string of the molecule is CCO[C@@H]1CO[C@@]2(CCCN(S(=O)(=O)c3ccccc3)C2)C1. The minimum atomic E-state index is -3.44. The number of hydrogen-bond acceptors (Lipinski definition) is 4. The zero-order valence-electron chi connectivity index (χ0n) is 12.9. The summed E-state index contributed by atoms with van der Waals surface area (Å²) in [7, 11) is -3.44. The van der Waals surface area contributed by atoms with Crippen LogP contribution in [-0.2, 0) is 19.5 Å². The summed E-state index contributed by atoms with van der Waals surface area (Å²) in [5.74, 6) is 0. The molecule has 6 heteroatoms. The van der Waals surface area contributed by atoms with Gasteiger partial charge in [-0.3, -0.25) is 0 Å². The predicted octanol–water partition coefficient (Wildman–Crippen LogP) is 2.04. The van der Waals surface area contributed by atoms with Gasteiger partial charge < -0.3 is 9.47 Å². The lowest BCUT2D eigenvalue weighted by molar-refractivity contribution is -0.0353. The van der Waals surface area contributed by atoms with Crippen molar-refractivity contribution in [1.29, 1.82) is 0 Å². The largest absolute Gasteiger partial charge is 0.376 e. The van der Waals surface area contributed by atoms with Crippen LogP contribution < -0.4 is 0 Å². The van der Waals surface area contributed by atoms with Crippen molar-refractivity contribution in [3.63, 3.8) is 0 Å². The first-order valence-electron chi connectivity index (χ1n) is 7.86. The molecule has 0 saturated carbocycles. The predicted molar refractivity (Wildman–Crippen MR) is 83.1 cm³/mol.